The van der Waals surface area contributed by atoms with Crippen LogP contribution in [-0.4, -0.2) is 24.5 Å². The fraction of sp³-hybridized carbons (Fsp3) is 0.294. The molecule has 1 atom stereocenters. The Morgan fingerprint density at radius 3 is 2.33 bits per heavy atom. The lowest BCUT2D eigenvalue weighted by molar-refractivity contribution is 0.0937. The van der Waals surface area contributed by atoms with Crippen molar-refractivity contribution in [1.29, 1.82) is 0 Å². The number of hydrogen-bond donors (Lipinski definition) is 0. The van der Waals surface area contributed by atoms with Crippen LogP contribution in [0.25, 0.3) is 11.2 Å². The third-order valence-electron chi connectivity index (χ3n) is 4.31. The second-order valence-corrected chi connectivity index (χ2v) is 5.94. The lowest BCUT2D eigenvalue weighted by atomic mass is 10.0. The SMILES string of the molecule is Cc1ccc(C(=O)[C@H](C)n2cnc3c2c(=O)n(C)c(=O)n3C)cc1. The molecule has 0 saturated heterocycles. The third-order valence-corrected chi connectivity index (χ3v) is 4.31. The predicted octanol–water partition coefficient (Wildman–Crippen LogP) is 1.19. The highest BCUT2D eigenvalue weighted by Crippen LogP contribution is 2.18. The molecule has 0 amide bonds. The van der Waals surface area contributed by atoms with Crippen LogP contribution in [0.1, 0.15) is 28.9 Å². The van der Waals surface area contributed by atoms with Gasteiger partial charge in [0.05, 0.1) is 12.4 Å². The average Bonchev–Trinajstić information content (AvgIpc) is 3.02. The second kappa shape index (κ2) is 5.59. The number of hydrogen-bond acceptors (Lipinski definition) is 4. The van der Waals surface area contributed by atoms with E-state index in [0.29, 0.717) is 5.56 Å². The lowest BCUT2D eigenvalue weighted by Gasteiger charge is -2.14. The summed E-state index contributed by atoms with van der Waals surface area (Å²) < 4.78 is 3.85. The van der Waals surface area contributed by atoms with E-state index >= 15 is 0 Å². The minimum atomic E-state index is -0.608. The van der Waals surface area contributed by atoms with E-state index in [2.05, 4.69) is 4.98 Å². The van der Waals surface area contributed by atoms with Crippen LogP contribution >= 0.6 is 0 Å². The second-order valence-electron chi connectivity index (χ2n) is 5.94. The molecule has 3 aromatic rings. The zero-order chi connectivity index (χ0) is 17.6. The summed E-state index contributed by atoms with van der Waals surface area (Å²) in [6, 6.07) is 6.66. The normalized spacial score (nSPS) is 12.5. The van der Waals surface area contributed by atoms with Gasteiger partial charge in [0.2, 0.25) is 0 Å². The highest BCUT2D eigenvalue weighted by atomic mass is 16.2. The Hall–Kier alpha value is -2.96. The van der Waals surface area contributed by atoms with Gasteiger partial charge in [-0.05, 0) is 13.8 Å². The molecule has 0 aliphatic rings. The molecular formula is C17H18N4O3. The molecule has 124 valence electrons. The Labute approximate surface area is 137 Å². The summed E-state index contributed by atoms with van der Waals surface area (Å²) in [6.07, 6.45) is 1.43. The zero-order valence-corrected chi connectivity index (χ0v) is 14.0. The standard InChI is InChI=1S/C17H18N4O3/c1-10-5-7-12(8-6-10)14(22)11(2)21-9-18-15-13(21)16(23)20(4)17(24)19(15)3/h5-9,11H,1-4H3/t11-/m0/s1. The highest BCUT2D eigenvalue weighted by Gasteiger charge is 2.22. The van der Waals surface area contributed by atoms with Crippen LogP contribution in [0.15, 0.2) is 40.2 Å². The van der Waals surface area contributed by atoms with Crippen molar-refractivity contribution < 1.29 is 4.79 Å². The van der Waals surface area contributed by atoms with E-state index in [1.165, 1.54) is 22.5 Å². The number of Topliss-reactive ketones (excluding diaryl/α,β-unsaturated/α-hetero) is 1. The van der Waals surface area contributed by atoms with E-state index in [-0.39, 0.29) is 16.9 Å². The number of aryl methyl sites for hydroxylation is 2. The molecule has 0 unspecified atom stereocenters. The molecular weight excluding hydrogens is 308 g/mol. The van der Waals surface area contributed by atoms with Crippen molar-refractivity contribution in [1.82, 2.24) is 18.7 Å². The maximum Gasteiger partial charge on any atom is 0.332 e. The summed E-state index contributed by atoms with van der Waals surface area (Å²) in [7, 11) is 2.96. The van der Waals surface area contributed by atoms with E-state index in [1.54, 1.807) is 26.1 Å². The smallest absolute Gasteiger partial charge is 0.314 e. The highest BCUT2D eigenvalue weighted by molar-refractivity contribution is 5.99. The van der Waals surface area contributed by atoms with Gasteiger partial charge in [-0.2, -0.15) is 0 Å². The van der Waals surface area contributed by atoms with Gasteiger partial charge in [-0.1, -0.05) is 29.8 Å². The van der Waals surface area contributed by atoms with Crippen LogP contribution in [0.2, 0.25) is 0 Å². The van der Waals surface area contributed by atoms with Crippen molar-refractivity contribution in [2.45, 2.75) is 19.9 Å². The quantitative estimate of drug-likeness (QED) is 0.677. The Kier molecular flexibility index (Phi) is 3.71. The number of ketones is 1. The van der Waals surface area contributed by atoms with Crippen LogP contribution in [0, 0.1) is 6.92 Å². The number of aromatic nitrogens is 4. The summed E-state index contributed by atoms with van der Waals surface area (Å²) >= 11 is 0. The van der Waals surface area contributed by atoms with Gasteiger partial charge in [-0.25, -0.2) is 9.78 Å². The first-order valence-corrected chi connectivity index (χ1v) is 7.56. The van der Waals surface area contributed by atoms with Gasteiger partial charge in [0.25, 0.3) is 5.56 Å². The molecule has 2 aromatic heterocycles. The topological polar surface area (TPSA) is 78.9 Å². The average molecular weight is 326 g/mol. The van der Waals surface area contributed by atoms with Crippen molar-refractivity contribution in [2.75, 3.05) is 0 Å². The van der Waals surface area contributed by atoms with E-state index in [9.17, 15) is 14.4 Å². The van der Waals surface area contributed by atoms with Gasteiger partial charge in [0.15, 0.2) is 16.9 Å². The minimum Gasteiger partial charge on any atom is -0.314 e. The monoisotopic (exact) mass is 326 g/mol. The molecule has 0 radical (unpaired) electrons. The lowest BCUT2D eigenvalue weighted by Crippen LogP contribution is -2.38. The molecule has 0 saturated carbocycles. The molecule has 7 heteroatoms. The van der Waals surface area contributed by atoms with Crippen molar-refractivity contribution in [3.8, 4) is 0 Å². The van der Waals surface area contributed by atoms with Gasteiger partial charge in [0, 0.05) is 19.7 Å². The first kappa shape index (κ1) is 15.9. The van der Waals surface area contributed by atoms with Crippen molar-refractivity contribution in [3.05, 3.63) is 62.6 Å². The van der Waals surface area contributed by atoms with Crippen LogP contribution in [0.4, 0.5) is 0 Å². The van der Waals surface area contributed by atoms with Crippen LogP contribution in [-0.2, 0) is 14.1 Å². The fourth-order valence-electron chi connectivity index (χ4n) is 2.74. The summed E-state index contributed by atoms with van der Waals surface area (Å²) in [5, 5.41) is 0. The van der Waals surface area contributed by atoms with Gasteiger partial charge >= 0.3 is 5.69 Å². The van der Waals surface area contributed by atoms with Gasteiger partial charge in [-0.15, -0.1) is 0 Å². The van der Waals surface area contributed by atoms with Crippen LogP contribution < -0.4 is 11.2 Å². The summed E-state index contributed by atoms with van der Waals surface area (Å²) in [5.74, 6) is -0.120. The van der Waals surface area contributed by atoms with Crippen molar-refractivity contribution in [2.24, 2.45) is 14.1 Å². The summed E-state index contributed by atoms with van der Waals surface area (Å²) in [4.78, 5) is 41.3. The molecule has 0 spiro atoms. The molecule has 3 rings (SSSR count). The van der Waals surface area contributed by atoms with Crippen molar-refractivity contribution >= 4 is 16.9 Å². The Balaban J connectivity index is 2.16. The number of carbonyl (C=O) groups is 1. The molecule has 0 aliphatic carbocycles. The van der Waals surface area contributed by atoms with E-state index in [1.807, 2.05) is 19.1 Å². The Bertz CT molecular complexity index is 1050. The van der Waals surface area contributed by atoms with Crippen LogP contribution in [0.5, 0.6) is 0 Å². The fourth-order valence-corrected chi connectivity index (χ4v) is 2.74. The first-order valence-electron chi connectivity index (χ1n) is 7.56. The van der Waals surface area contributed by atoms with Crippen molar-refractivity contribution in [3.63, 3.8) is 0 Å². The maximum absolute atomic E-state index is 12.7. The Morgan fingerprint density at radius 1 is 1.08 bits per heavy atom. The number of benzene rings is 1. The minimum absolute atomic E-state index is 0.120. The largest absolute Gasteiger partial charge is 0.332 e. The molecule has 0 aliphatic heterocycles. The first-order chi connectivity index (χ1) is 11.3. The summed E-state index contributed by atoms with van der Waals surface area (Å²) in [5.41, 5.74) is 1.23. The van der Waals surface area contributed by atoms with Gasteiger partial charge in [0.1, 0.15) is 0 Å². The molecule has 2 heterocycles. The maximum atomic E-state index is 12.7. The van der Waals surface area contributed by atoms with Crippen LogP contribution in [0.3, 0.4) is 0 Å². The molecule has 0 N–H and O–H groups in total. The number of imidazole rings is 1. The molecule has 24 heavy (non-hydrogen) atoms. The number of nitrogens with zero attached hydrogens (tertiary/aromatic N) is 4. The zero-order valence-electron chi connectivity index (χ0n) is 14.0. The molecule has 0 fully saturated rings. The van der Waals surface area contributed by atoms with E-state index in [0.717, 1.165) is 10.1 Å². The molecule has 1 aromatic carbocycles. The summed E-state index contributed by atoms with van der Waals surface area (Å²) in [6.45, 7) is 3.67. The van der Waals surface area contributed by atoms with E-state index < -0.39 is 17.3 Å². The molecule has 0 bridgehead atoms. The molecule has 7 nitrogen and oxygen atoms in total. The number of rotatable bonds is 3. The van der Waals surface area contributed by atoms with Gasteiger partial charge in [-0.3, -0.25) is 18.7 Å². The third kappa shape index (κ3) is 2.29. The predicted molar refractivity (Wildman–Crippen MR) is 90.4 cm³/mol. The van der Waals surface area contributed by atoms with E-state index in [4.69, 9.17) is 0 Å². The van der Waals surface area contributed by atoms with Gasteiger partial charge < -0.3 is 4.57 Å². The number of fused-ring (bicyclic) bond motifs is 1. The Morgan fingerprint density at radius 2 is 1.71 bits per heavy atom. The number of carbonyl (C=O) groups excluding carboxylic acids is 1.